The monoisotopic (exact) mass is 210 g/mol. The predicted molar refractivity (Wildman–Crippen MR) is 56.2 cm³/mol. The van der Waals surface area contributed by atoms with E-state index >= 15 is 0 Å². The summed E-state index contributed by atoms with van der Waals surface area (Å²) in [6.07, 6.45) is 3.05. The highest BCUT2D eigenvalue weighted by Gasteiger charge is 2.49. The quantitative estimate of drug-likeness (QED) is 0.530. The number of hydrogen-bond donors (Lipinski definition) is 1. The molecule has 0 unspecified atom stereocenters. The number of carbonyl (C=O) groups excluding carboxylic acids is 1. The highest BCUT2D eigenvalue weighted by molar-refractivity contribution is 5.72. The third-order valence-electron chi connectivity index (χ3n) is 3.80. The van der Waals surface area contributed by atoms with Gasteiger partial charge in [-0.3, -0.25) is 4.79 Å². The van der Waals surface area contributed by atoms with E-state index in [1.165, 1.54) is 0 Å². The first-order chi connectivity index (χ1) is 7.03. The standard InChI is InChI=1S/C12H18O3/c1-8(2)9-3-5-12(10(13)7-9)6-4-11(14)15-12/h9-10,13H,1,3-7H2,2H3/t9-,10+,12-/m1/s1. The Labute approximate surface area is 90.1 Å². The van der Waals surface area contributed by atoms with Crippen molar-refractivity contribution < 1.29 is 14.6 Å². The molecule has 0 aromatic rings. The minimum absolute atomic E-state index is 0.164. The zero-order valence-electron chi connectivity index (χ0n) is 9.16. The van der Waals surface area contributed by atoms with Crippen molar-refractivity contribution in [2.45, 2.75) is 50.7 Å². The lowest BCUT2D eigenvalue weighted by Gasteiger charge is -2.40. The Kier molecular flexibility index (Phi) is 2.59. The molecule has 1 heterocycles. The van der Waals surface area contributed by atoms with Crippen LogP contribution in [0.3, 0.4) is 0 Å². The number of ether oxygens (including phenoxy) is 1. The van der Waals surface area contributed by atoms with Gasteiger partial charge in [-0.25, -0.2) is 0 Å². The summed E-state index contributed by atoms with van der Waals surface area (Å²) < 4.78 is 5.31. The number of allylic oxidation sites excluding steroid dienone is 1. The first kappa shape index (κ1) is 10.7. The number of hydrogen-bond acceptors (Lipinski definition) is 3. The fourth-order valence-electron chi connectivity index (χ4n) is 2.69. The molecule has 84 valence electrons. The van der Waals surface area contributed by atoms with Gasteiger partial charge in [-0.05, 0) is 32.1 Å². The zero-order valence-corrected chi connectivity index (χ0v) is 9.16. The molecule has 2 aliphatic rings. The zero-order chi connectivity index (χ0) is 11.1. The lowest BCUT2D eigenvalue weighted by atomic mass is 9.73. The van der Waals surface area contributed by atoms with Crippen molar-refractivity contribution in [2.24, 2.45) is 5.92 Å². The highest BCUT2D eigenvalue weighted by atomic mass is 16.6. The Balaban J connectivity index is 2.07. The Morgan fingerprint density at radius 3 is 2.80 bits per heavy atom. The summed E-state index contributed by atoms with van der Waals surface area (Å²) in [4.78, 5) is 11.1. The Hall–Kier alpha value is -0.830. The van der Waals surface area contributed by atoms with Crippen LogP contribution in [0.1, 0.15) is 39.0 Å². The van der Waals surface area contributed by atoms with Gasteiger partial charge in [0, 0.05) is 12.8 Å². The van der Waals surface area contributed by atoms with E-state index in [9.17, 15) is 9.90 Å². The molecule has 2 rings (SSSR count). The normalized spacial score (nSPS) is 40.5. The third kappa shape index (κ3) is 1.81. The number of rotatable bonds is 1. The third-order valence-corrected chi connectivity index (χ3v) is 3.80. The first-order valence-corrected chi connectivity index (χ1v) is 5.59. The average Bonchev–Trinajstić information content (AvgIpc) is 2.54. The van der Waals surface area contributed by atoms with Crippen molar-refractivity contribution in [1.29, 1.82) is 0 Å². The van der Waals surface area contributed by atoms with Gasteiger partial charge in [0.15, 0.2) is 0 Å². The van der Waals surface area contributed by atoms with Crippen LogP contribution in [0, 0.1) is 5.92 Å². The van der Waals surface area contributed by atoms with E-state index < -0.39 is 11.7 Å². The summed E-state index contributed by atoms with van der Waals surface area (Å²) >= 11 is 0. The molecule has 3 atom stereocenters. The smallest absolute Gasteiger partial charge is 0.306 e. The van der Waals surface area contributed by atoms with Gasteiger partial charge in [-0.2, -0.15) is 0 Å². The van der Waals surface area contributed by atoms with Gasteiger partial charge < -0.3 is 9.84 Å². The van der Waals surface area contributed by atoms with Crippen LogP contribution in [0.5, 0.6) is 0 Å². The maximum atomic E-state index is 11.1. The summed E-state index contributed by atoms with van der Waals surface area (Å²) in [5.41, 5.74) is 0.552. The van der Waals surface area contributed by atoms with Gasteiger partial charge in [0.1, 0.15) is 5.60 Å². The Morgan fingerprint density at radius 2 is 2.33 bits per heavy atom. The number of aliphatic hydroxyl groups is 1. The summed E-state index contributed by atoms with van der Waals surface area (Å²) in [7, 11) is 0. The van der Waals surface area contributed by atoms with E-state index in [1.807, 2.05) is 6.92 Å². The van der Waals surface area contributed by atoms with E-state index in [2.05, 4.69) is 6.58 Å². The minimum Gasteiger partial charge on any atom is -0.456 e. The van der Waals surface area contributed by atoms with E-state index in [4.69, 9.17) is 4.74 Å². The van der Waals surface area contributed by atoms with Gasteiger partial charge in [-0.1, -0.05) is 12.2 Å². The molecule has 0 aromatic heterocycles. The molecule has 0 aromatic carbocycles. The lowest BCUT2D eigenvalue weighted by molar-refractivity contribution is -0.165. The molecule has 1 spiro atoms. The summed E-state index contributed by atoms with van der Waals surface area (Å²) in [5.74, 6) is 0.216. The molecule has 1 aliphatic carbocycles. The largest absolute Gasteiger partial charge is 0.456 e. The molecule has 0 radical (unpaired) electrons. The summed E-state index contributed by atoms with van der Waals surface area (Å²) in [6.45, 7) is 5.92. The molecular weight excluding hydrogens is 192 g/mol. The van der Waals surface area contributed by atoms with Crippen LogP contribution in [0.2, 0.25) is 0 Å². The van der Waals surface area contributed by atoms with E-state index in [0.29, 0.717) is 25.2 Å². The van der Waals surface area contributed by atoms with Crippen LogP contribution in [0.15, 0.2) is 12.2 Å². The molecule has 0 amide bonds. The number of esters is 1. The molecule has 1 saturated heterocycles. The fraction of sp³-hybridized carbons (Fsp3) is 0.750. The second kappa shape index (κ2) is 3.63. The van der Waals surface area contributed by atoms with Gasteiger partial charge in [0.05, 0.1) is 6.10 Å². The minimum atomic E-state index is -0.566. The maximum Gasteiger partial charge on any atom is 0.306 e. The molecule has 1 aliphatic heterocycles. The number of aliphatic hydroxyl groups excluding tert-OH is 1. The SMILES string of the molecule is C=C(C)[C@@H]1CC[C@@]2(CCC(=O)O2)[C@@H](O)C1. The van der Waals surface area contributed by atoms with Crippen molar-refractivity contribution in [3.8, 4) is 0 Å². The number of carbonyl (C=O) groups is 1. The van der Waals surface area contributed by atoms with Gasteiger partial charge in [0.25, 0.3) is 0 Å². The predicted octanol–water partition coefficient (Wildman–Crippen LogP) is 1.80. The molecule has 15 heavy (non-hydrogen) atoms. The topological polar surface area (TPSA) is 46.5 Å². The Bertz CT molecular complexity index is 297. The van der Waals surface area contributed by atoms with E-state index in [0.717, 1.165) is 18.4 Å². The van der Waals surface area contributed by atoms with Crippen molar-refractivity contribution in [2.75, 3.05) is 0 Å². The molecule has 0 bridgehead atoms. The van der Waals surface area contributed by atoms with Gasteiger partial charge in [-0.15, -0.1) is 0 Å². The van der Waals surface area contributed by atoms with Crippen LogP contribution in [0.25, 0.3) is 0 Å². The molecule has 2 fully saturated rings. The van der Waals surface area contributed by atoms with E-state index in [-0.39, 0.29) is 5.97 Å². The lowest BCUT2D eigenvalue weighted by Crippen LogP contribution is -2.47. The molecule has 3 heteroatoms. The van der Waals surface area contributed by atoms with Crippen molar-refractivity contribution in [3.63, 3.8) is 0 Å². The average molecular weight is 210 g/mol. The van der Waals surface area contributed by atoms with Crippen molar-refractivity contribution in [3.05, 3.63) is 12.2 Å². The van der Waals surface area contributed by atoms with Crippen LogP contribution < -0.4 is 0 Å². The molecule has 1 saturated carbocycles. The first-order valence-electron chi connectivity index (χ1n) is 5.59. The van der Waals surface area contributed by atoms with Crippen LogP contribution in [-0.4, -0.2) is 22.8 Å². The fourth-order valence-corrected chi connectivity index (χ4v) is 2.69. The van der Waals surface area contributed by atoms with Gasteiger partial charge >= 0.3 is 5.97 Å². The maximum absolute atomic E-state index is 11.1. The van der Waals surface area contributed by atoms with Crippen molar-refractivity contribution in [1.82, 2.24) is 0 Å². The Morgan fingerprint density at radius 1 is 1.60 bits per heavy atom. The summed E-state index contributed by atoms with van der Waals surface area (Å²) in [6, 6.07) is 0. The van der Waals surface area contributed by atoms with Gasteiger partial charge in [0.2, 0.25) is 0 Å². The second-order valence-electron chi connectivity index (χ2n) is 4.87. The van der Waals surface area contributed by atoms with Crippen LogP contribution in [0.4, 0.5) is 0 Å². The van der Waals surface area contributed by atoms with E-state index in [1.54, 1.807) is 0 Å². The van der Waals surface area contributed by atoms with Crippen molar-refractivity contribution >= 4 is 5.97 Å². The molecule has 1 N–H and O–H groups in total. The van der Waals surface area contributed by atoms with Crippen LogP contribution in [-0.2, 0) is 9.53 Å². The highest BCUT2D eigenvalue weighted by Crippen LogP contribution is 2.43. The molecule has 3 nitrogen and oxygen atoms in total. The summed E-state index contributed by atoms with van der Waals surface area (Å²) in [5, 5.41) is 10.1. The molecular formula is C12H18O3. The van der Waals surface area contributed by atoms with Crippen LogP contribution >= 0.6 is 0 Å². The second-order valence-corrected chi connectivity index (χ2v) is 4.87.